The van der Waals surface area contributed by atoms with Gasteiger partial charge in [0.2, 0.25) is 5.91 Å². The van der Waals surface area contributed by atoms with Crippen LogP contribution in [0.5, 0.6) is 5.75 Å². The second-order valence-corrected chi connectivity index (χ2v) is 4.89. The van der Waals surface area contributed by atoms with Gasteiger partial charge in [0.25, 0.3) is 5.91 Å². The van der Waals surface area contributed by atoms with Gasteiger partial charge in [-0.05, 0) is 36.2 Å². The summed E-state index contributed by atoms with van der Waals surface area (Å²) < 4.78 is 5.46. The van der Waals surface area contributed by atoms with Crippen molar-refractivity contribution < 1.29 is 14.3 Å². The van der Waals surface area contributed by atoms with E-state index in [1.54, 1.807) is 24.3 Å². The third kappa shape index (κ3) is 4.34. The number of para-hydroxylation sites is 1. The third-order valence-electron chi connectivity index (χ3n) is 3.18. The van der Waals surface area contributed by atoms with Crippen molar-refractivity contribution in [1.82, 2.24) is 5.32 Å². The van der Waals surface area contributed by atoms with Gasteiger partial charge in [-0.25, -0.2) is 0 Å². The van der Waals surface area contributed by atoms with Crippen molar-refractivity contribution in [2.24, 2.45) is 5.73 Å². The molecule has 2 aromatic rings. The van der Waals surface area contributed by atoms with Crippen molar-refractivity contribution in [1.29, 1.82) is 0 Å². The molecule has 2 rings (SSSR count). The number of carbonyl (C=O) groups is 2. The fourth-order valence-corrected chi connectivity index (χ4v) is 1.90. The zero-order valence-electron chi connectivity index (χ0n) is 12.3. The summed E-state index contributed by atoms with van der Waals surface area (Å²) in [6, 6.07) is 14.3. The molecular formula is C17H18N2O3. The van der Waals surface area contributed by atoms with Crippen molar-refractivity contribution in [3.05, 3.63) is 65.2 Å². The van der Waals surface area contributed by atoms with E-state index in [4.69, 9.17) is 10.5 Å². The van der Waals surface area contributed by atoms with Crippen LogP contribution in [0.1, 0.15) is 21.5 Å². The van der Waals surface area contributed by atoms with E-state index in [0.29, 0.717) is 17.9 Å². The van der Waals surface area contributed by atoms with Gasteiger partial charge >= 0.3 is 0 Å². The van der Waals surface area contributed by atoms with Crippen molar-refractivity contribution >= 4 is 11.8 Å². The molecule has 0 heterocycles. The van der Waals surface area contributed by atoms with Gasteiger partial charge in [0.05, 0.1) is 0 Å². The summed E-state index contributed by atoms with van der Waals surface area (Å²) >= 11 is 0. The summed E-state index contributed by atoms with van der Waals surface area (Å²) in [5.74, 6) is 0.0212. The molecule has 22 heavy (non-hydrogen) atoms. The lowest BCUT2D eigenvalue weighted by Crippen LogP contribution is -2.28. The van der Waals surface area contributed by atoms with Crippen LogP contribution in [-0.2, 0) is 11.3 Å². The van der Waals surface area contributed by atoms with E-state index in [2.05, 4.69) is 5.32 Å². The standard InChI is InChI=1S/C17H18N2O3/c1-12-4-2-3-5-15(12)22-11-16(20)19-10-13-6-8-14(9-7-13)17(18)21/h2-9H,10-11H2,1H3,(H2,18,21)(H,19,20). The molecule has 5 heteroatoms. The van der Waals surface area contributed by atoms with E-state index in [1.165, 1.54) is 0 Å². The van der Waals surface area contributed by atoms with Crippen molar-refractivity contribution in [2.45, 2.75) is 13.5 Å². The molecule has 0 saturated carbocycles. The molecule has 2 amide bonds. The van der Waals surface area contributed by atoms with Gasteiger partial charge in [-0.15, -0.1) is 0 Å². The smallest absolute Gasteiger partial charge is 0.258 e. The van der Waals surface area contributed by atoms with E-state index in [-0.39, 0.29) is 12.5 Å². The van der Waals surface area contributed by atoms with Crippen LogP contribution in [0.25, 0.3) is 0 Å². The Morgan fingerprint density at radius 1 is 1.09 bits per heavy atom. The number of aryl methyl sites for hydroxylation is 1. The van der Waals surface area contributed by atoms with Gasteiger partial charge in [0.1, 0.15) is 5.75 Å². The molecule has 0 unspecified atom stereocenters. The zero-order valence-corrected chi connectivity index (χ0v) is 12.3. The highest BCUT2D eigenvalue weighted by atomic mass is 16.5. The Bertz CT molecular complexity index is 666. The maximum absolute atomic E-state index is 11.8. The van der Waals surface area contributed by atoms with E-state index in [0.717, 1.165) is 11.1 Å². The first-order chi connectivity index (χ1) is 10.6. The number of carbonyl (C=O) groups excluding carboxylic acids is 2. The molecule has 0 saturated heterocycles. The summed E-state index contributed by atoms with van der Waals surface area (Å²) in [6.07, 6.45) is 0. The molecule has 0 bridgehead atoms. The second-order valence-electron chi connectivity index (χ2n) is 4.89. The third-order valence-corrected chi connectivity index (χ3v) is 3.18. The molecule has 114 valence electrons. The first kappa shape index (κ1) is 15.6. The molecule has 2 aromatic carbocycles. The van der Waals surface area contributed by atoms with E-state index < -0.39 is 5.91 Å². The largest absolute Gasteiger partial charge is 0.484 e. The number of amides is 2. The van der Waals surface area contributed by atoms with Gasteiger partial charge in [-0.2, -0.15) is 0 Å². The highest BCUT2D eigenvalue weighted by Gasteiger charge is 2.05. The Morgan fingerprint density at radius 2 is 1.77 bits per heavy atom. The minimum absolute atomic E-state index is 0.0375. The van der Waals surface area contributed by atoms with Gasteiger partial charge in [0.15, 0.2) is 6.61 Å². The lowest BCUT2D eigenvalue weighted by atomic mass is 10.1. The number of rotatable bonds is 6. The summed E-state index contributed by atoms with van der Waals surface area (Å²) in [4.78, 5) is 22.7. The summed E-state index contributed by atoms with van der Waals surface area (Å²) in [5, 5.41) is 2.76. The van der Waals surface area contributed by atoms with Crippen LogP contribution in [0, 0.1) is 6.92 Å². The van der Waals surface area contributed by atoms with Crippen LogP contribution >= 0.6 is 0 Å². The van der Waals surface area contributed by atoms with Gasteiger partial charge in [0, 0.05) is 12.1 Å². The van der Waals surface area contributed by atoms with Gasteiger partial charge in [-0.3, -0.25) is 9.59 Å². The molecule has 0 atom stereocenters. The van der Waals surface area contributed by atoms with Crippen LogP contribution in [0.4, 0.5) is 0 Å². The summed E-state index contributed by atoms with van der Waals surface area (Å²) in [7, 11) is 0. The Balaban J connectivity index is 1.80. The van der Waals surface area contributed by atoms with Crippen molar-refractivity contribution in [3.8, 4) is 5.75 Å². The highest BCUT2D eigenvalue weighted by molar-refractivity contribution is 5.92. The number of hydrogen-bond donors (Lipinski definition) is 2. The molecule has 0 radical (unpaired) electrons. The molecule has 0 aliphatic rings. The maximum atomic E-state index is 11.8. The molecule has 3 N–H and O–H groups in total. The second kappa shape index (κ2) is 7.26. The average molecular weight is 298 g/mol. The average Bonchev–Trinajstić information content (AvgIpc) is 2.52. The van der Waals surface area contributed by atoms with Crippen LogP contribution in [-0.4, -0.2) is 18.4 Å². The highest BCUT2D eigenvalue weighted by Crippen LogP contribution is 2.15. The van der Waals surface area contributed by atoms with Crippen LogP contribution in [0.15, 0.2) is 48.5 Å². The number of nitrogens with one attached hydrogen (secondary N) is 1. The molecule has 0 aliphatic heterocycles. The predicted molar refractivity (Wildman–Crippen MR) is 83.5 cm³/mol. The molecule has 0 aromatic heterocycles. The van der Waals surface area contributed by atoms with Crippen LogP contribution in [0.3, 0.4) is 0 Å². The maximum Gasteiger partial charge on any atom is 0.258 e. The van der Waals surface area contributed by atoms with Crippen LogP contribution < -0.4 is 15.8 Å². The minimum Gasteiger partial charge on any atom is -0.484 e. The fourth-order valence-electron chi connectivity index (χ4n) is 1.90. The van der Waals surface area contributed by atoms with Gasteiger partial charge < -0.3 is 15.8 Å². The SMILES string of the molecule is Cc1ccccc1OCC(=O)NCc1ccc(C(N)=O)cc1. The van der Waals surface area contributed by atoms with Crippen molar-refractivity contribution in [3.63, 3.8) is 0 Å². The predicted octanol–water partition coefficient (Wildman–Crippen LogP) is 1.79. The van der Waals surface area contributed by atoms with E-state index in [1.807, 2.05) is 31.2 Å². The lowest BCUT2D eigenvalue weighted by Gasteiger charge is -2.09. The Hall–Kier alpha value is -2.82. The van der Waals surface area contributed by atoms with E-state index >= 15 is 0 Å². The van der Waals surface area contributed by atoms with Crippen LogP contribution in [0.2, 0.25) is 0 Å². The lowest BCUT2D eigenvalue weighted by molar-refractivity contribution is -0.123. The number of benzene rings is 2. The molecule has 5 nitrogen and oxygen atoms in total. The summed E-state index contributed by atoms with van der Waals surface area (Å²) in [5.41, 5.74) is 7.48. The van der Waals surface area contributed by atoms with Gasteiger partial charge in [-0.1, -0.05) is 30.3 Å². The first-order valence-electron chi connectivity index (χ1n) is 6.90. The minimum atomic E-state index is -0.470. The van der Waals surface area contributed by atoms with Crippen molar-refractivity contribution in [2.75, 3.05) is 6.61 Å². The molecule has 0 spiro atoms. The number of hydrogen-bond acceptors (Lipinski definition) is 3. The topological polar surface area (TPSA) is 81.4 Å². The molecule has 0 fully saturated rings. The first-order valence-corrected chi connectivity index (χ1v) is 6.90. The number of ether oxygens (including phenoxy) is 1. The Labute approximate surface area is 129 Å². The summed E-state index contributed by atoms with van der Waals surface area (Å²) in [6.45, 7) is 2.26. The Kier molecular flexibility index (Phi) is 5.14. The fraction of sp³-hybridized carbons (Fsp3) is 0.176. The normalized spacial score (nSPS) is 10.0. The van der Waals surface area contributed by atoms with E-state index in [9.17, 15) is 9.59 Å². The number of primary amides is 1. The number of nitrogens with two attached hydrogens (primary N) is 1. The molecular weight excluding hydrogens is 280 g/mol. The Morgan fingerprint density at radius 3 is 2.41 bits per heavy atom. The monoisotopic (exact) mass is 298 g/mol. The quantitative estimate of drug-likeness (QED) is 0.853. The molecule has 0 aliphatic carbocycles. The zero-order chi connectivity index (χ0) is 15.9.